The molecule has 82 valence electrons. The van der Waals surface area contributed by atoms with Gasteiger partial charge in [-0.3, -0.25) is 0 Å². The molecule has 1 aromatic rings. The number of ether oxygens (including phenoxy) is 1. The van der Waals surface area contributed by atoms with Gasteiger partial charge in [0.15, 0.2) is 0 Å². The van der Waals surface area contributed by atoms with Gasteiger partial charge >= 0.3 is 0 Å². The first kappa shape index (κ1) is 11.0. The zero-order valence-electron chi connectivity index (χ0n) is 8.92. The van der Waals surface area contributed by atoms with Crippen LogP contribution in [0.3, 0.4) is 0 Å². The van der Waals surface area contributed by atoms with Crippen molar-refractivity contribution in [1.82, 2.24) is 5.32 Å². The second-order valence-electron chi connectivity index (χ2n) is 3.94. The molecule has 2 nitrogen and oxygen atoms in total. The van der Waals surface area contributed by atoms with Crippen LogP contribution >= 0.6 is 15.9 Å². The lowest BCUT2D eigenvalue weighted by Crippen LogP contribution is -2.16. The minimum atomic E-state index is 0.377. The van der Waals surface area contributed by atoms with Crippen LogP contribution in [-0.2, 0) is 6.42 Å². The van der Waals surface area contributed by atoms with Crippen molar-refractivity contribution < 1.29 is 4.74 Å². The van der Waals surface area contributed by atoms with Crippen LogP contribution in [0.2, 0.25) is 0 Å². The lowest BCUT2D eigenvalue weighted by Gasteiger charge is -2.09. The van der Waals surface area contributed by atoms with Crippen molar-refractivity contribution in [2.75, 3.05) is 13.6 Å². The minimum absolute atomic E-state index is 0.377. The summed E-state index contributed by atoms with van der Waals surface area (Å²) in [4.78, 5) is 0. The van der Waals surface area contributed by atoms with Crippen molar-refractivity contribution in [1.29, 1.82) is 0 Å². The maximum absolute atomic E-state index is 5.86. The van der Waals surface area contributed by atoms with E-state index in [4.69, 9.17) is 4.74 Å². The number of rotatable bonds is 4. The molecule has 0 fully saturated rings. The van der Waals surface area contributed by atoms with Gasteiger partial charge in [0.25, 0.3) is 0 Å². The largest absolute Gasteiger partial charge is 0.490 e. The van der Waals surface area contributed by atoms with Crippen molar-refractivity contribution in [3.63, 3.8) is 0 Å². The van der Waals surface area contributed by atoms with Gasteiger partial charge in [0, 0.05) is 10.9 Å². The zero-order valence-corrected chi connectivity index (χ0v) is 10.5. The molecule has 1 aliphatic rings. The summed E-state index contributed by atoms with van der Waals surface area (Å²) < 4.78 is 7.00. The predicted molar refractivity (Wildman–Crippen MR) is 65.4 cm³/mol. The Morgan fingerprint density at radius 3 is 3.20 bits per heavy atom. The molecule has 1 atom stereocenters. The maximum atomic E-state index is 5.86. The predicted octanol–water partition coefficient (Wildman–Crippen LogP) is 2.75. The van der Waals surface area contributed by atoms with Gasteiger partial charge < -0.3 is 10.1 Å². The molecular weight excluding hydrogens is 254 g/mol. The second-order valence-corrected chi connectivity index (χ2v) is 4.86. The fourth-order valence-corrected chi connectivity index (χ4v) is 2.37. The quantitative estimate of drug-likeness (QED) is 0.849. The molecule has 0 spiro atoms. The number of benzene rings is 1. The topological polar surface area (TPSA) is 21.3 Å². The first-order valence-corrected chi connectivity index (χ1v) is 6.18. The Balaban J connectivity index is 1.91. The monoisotopic (exact) mass is 269 g/mol. The third-order valence-corrected chi connectivity index (χ3v) is 3.21. The molecule has 0 radical (unpaired) electrons. The van der Waals surface area contributed by atoms with E-state index in [-0.39, 0.29) is 0 Å². The summed E-state index contributed by atoms with van der Waals surface area (Å²) in [6.07, 6.45) is 3.74. The molecule has 0 amide bonds. The van der Waals surface area contributed by atoms with Crippen LogP contribution < -0.4 is 10.1 Å². The molecule has 0 saturated carbocycles. The van der Waals surface area contributed by atoms with Gasteiger partial charge in [-0.15, -0.1) is 0 Å². The summed E-state index contributed by atoms with van der Waals surface area (Å²) >= 11 is 3.48. The number of hydrogen-bond acceptors (Lipinski definition) is 2. The second kappa shape index (κ2) is 4.99. The summed E-state index contributed by atoms with van der Waals surface area (Å²) in [5.41, 5.74) is 1.33. The first-order valence-electron chi connectivity index (χ1n) is 5.39. The molecule has 0 saturated heterocycles. The molecule has 1 heterocycles. The van der Waals surface area contributed by atoms with Crippen LogP contribution in [0.5, 0.6) is 5.75 Å². The number of halogens is 1. The summed E-state index contributed by atoms with van der Waals surface area (Å²) in [7, 11) is 1.99. The zero-order chi connectivity index (χ0) is 10.7. The molecule has 1 aromatic carbocycles. The van der Waals surface area contributed by atoms with E-state index < -0.39 is 0 Å². The fraction of sp³-hybridized carbons (Fsp3) is 0.500. The molecule has 2 rings (SSSR count). The molecule has 1 aliphatic heterocycles. The van der Waals surface area contributed by atoms with Crippen molar-refractivity contribution in [2.45, 2.75) is 25.4 Å². The molecule has 0 bridgehead atoms. The van der Waals surface area contributed by atoms with Crippen molar-refractivity contribution in [3.05, 3.63) is 28.2 Å². The molecule has 1 unspecified atom stereocenters. The Hall–Kier alpha value is -0.540. The van der Waals surface area contributed by atoms with E-state index in [9.17, 15) is 0 Å². The van der Waals surface area contributed by atoms with Crippen LogP contribution in [0, 0.1) is 0 Å². The van der Waals surface area contributed by atoms with Crippen LogP contribution in [-0.4, -0.2) is 19.7 Å². The van der Waals surface area contributed by atoms with Crippen LogP contribution in [0.4, 0.5) is 0 Å². The van der Waals surface area contributed by atoms with Crippen molar-refractivity contribution in [3.8, 4) is 5.75 Å². The summed E-state index contributed by atoms with van der Waals surface area (Å²) in [6, 6.07) is 6.25. The third kappa shape index (κ3) is 2.73. The number of fused-ring (bicyclic) bond motifs is 1. The summed E-state index contributed by atoms with van der Waals surface area (Å²) in [5.74, 6) is 1.06. The van der Waals surface area contributed by atoms with Gasteiger partial charge in [0.1, 0.15) is 11.9 Å². The van der Waals surface area contributed by atoms with E-state index in [0.29, 0.717) is 6.10 Å². The standard InChI is InChI=1S/C12H16BrNO/c1-14-6-2-3-11-8-9-7-10(13)4-5-12(9)15-11/h4-5,7,11,14H,2-3,6,8H2,1H3. The van der Waals surface area contributed by atoms with Gasteiger partial charge in [-0.2, -0.15) is 0 Å². The first-order chi connectivity index (χ1) is 7.29. The van der Waals surface area contributed by atoms with E-state index in [0.717, 1.165) is 29.6 Å². The Morgan fingerprint density at radius 1 is 1.53 bits per heavy atom. The summed E-state index contributed by atoms with van der Waals surface area (Å²) in [5, 5.41) is 3.16. The van der Waals surface area contributed by atoms with Crippen molar-refractivity contribution >= 4 is 15.9 Å². The molecule has 3 heteroatoms. The number of nitrogens with one attached hydrogen (secondary N) is 1. The fourth-order valence-electron chi connectivity index (χ4n) is 1.96. The van der Waals surface area contributed by atoms with Gasteiger partial charge in [-0.05, 0) is 50.2 Å². The van der Waals surface area contributed by atoms with Crippen LogP contribution in [0.1, 0.15) is 18.4 Å². The van der Waals surface area contributed by atoms with E-state index in [1.165, 1.54) is 12.0 Å². The Labute approximate surface area is 99.1 Å². The van der Waals surface area contributed by atoms with Crippen molar-refractivity contribution in [2.24, 2.45) is 0 Å². The molecule has 0 aliphatic carbocycles. The highest BCUT2D eigenvalue weighted by molar-refractivity contribution is 9.10. The highest BCUT2D eigenvalue weighted by atomic mass is 79.9. The third-order valence-electron chi connectivity index (χ3n) is 2.72. The average Bonchev–Trinajstić information content (AvgIpc) is 2.60. The van der Waals surface area contributed by atoms with E-state index in [1.807, 2.05) is 13.1 Å². The Morgan fingerprint density at radius 2 is 2.40 bits per heavy atom. The lowest BCUT2D eigenvalue weighted by atomic mass is 10.1. The highest BCUT2D eigenvalue weighted by Crippen LogP contribution is 2.32. The number of hydrogen-bond donors (Lipinski definition) is 1. The highest BCUT2D eigenvalue weighted by Gasteiger charge is 2.22. The van der Waals surface area contributed by atoms with E-state index >= 15 is 0 Å². The molecule has 15 heavy (non-hydrogen) atoms. The van der Waals surface area contributed by atoms with Gasteiger partial charge in [0.2, 0.25) is 0 Å². The maximum Gasteiger partial charge on any atom is 0.123 e. The van der Waals surface area contributed by atoms with Crippen LogP contribution in [0.25, 0.3) is 0 Å². The molecular formula is C12H16BrNO. The van der Waals surface area contributed by atoms with E-state index in [1.54, 1.807) is 0 Å². The summed E-state index contributed by atoms with van der Waals surface area (Å²) in [6.45, 7) is 1.07. The minimum Gasteiger partial charge on any atom is -0.490 e. The lowest BCUT2D eigenvalue weighted by molar-refractivity contribution is 0.218. The average molecular weight is 270 g/mol. The van der Waals surface area contributed by atoms with Gasteiger partial charge in [0.05, 0.1) is 0 Å². The van der Waals surface area contributed by atoms with Gasteiger partial charge in [-0.25, -0.2) is 0 Å². The van der Waals surface area contributed by atoms with E-state index in [2.05, 4.69) is 33.4 Å². The molecule has 1 N–H and O–H groups in total. The van der Waals surface area contributed by atoms with Crippen LogP contribution in [0.15, 0.2) is 22.7 Å². The Bertz CT molecular complexity index is 340. The molecule has 0 aromatic heterocycles. The Kier molecular flexibility index (Phi) is 3.65. The smallest absolute Gasteiger partial charge is 0.123 e. The van der Waals surface area contributed by atoms with Gasteiger partial charge in [-0.1, -0.05) is 15.9 Å². The SMILES string of the molecule is CNCCCC1Cc2cc(Br)ccc2O1. The normalized spacial score (nSPS) is 18.7.